The Labute approximate surface area is 119 Å². The van der Waals surface area contributed by atoms with E-state index in [2.05, 4.69) is 37.8 Å². The first-order valence-corrected chi connectivity index (χ1v) is 7.45. The Morgan fingerprint density at radius 2 is 2.11 bits per heavy atom. The van der Waals surface area contributed by atoms with Gasteiger partial charge in [-0.05, 0) is 12.5 Å². The lowest BCUT2D eigenvalue weighted by molar-refractivity contribution is -0.128. The maximum absolute atomic E-state index is 11.9. The van der Waals surface area contributed by atoms with Gasteiger partial charge in [0.15, 0.2) is 0 Å². The molecular weight excluding hydrogens is 258 g/mol. The standard InChI is InChI=1S/C15H21NO2S/c1-3-8-16(9-10-17)15(18)12-19-11-14-6-4-13(2)5-7-14/h3-7,17H,1,8-12H2,2H3. The van der Waals surface area contributed by atoms with Gasteiger partial charge in [0.1, 0.15) is 0 Å². The number of amides is 1. The first-order valence-electron chi connectivity index (χ1n) is 6.30. The summed E-state index contributed by atoms with van der Waals surface area (Å²) in [6.45, 7) is 6.53. The molecular formula is C15H21NO2S. The molecule has 0 atom stereocenters. The fourth-order valence-electron chi connectivity index (χ4n) is 1.63. The van der Waals surface area contributed by atoms with Crippen molar-refractivity contribution in [1.29, 1.82) is 0 Å². The van der Waals surface area contributed by atoms with E-state index >= 15 is 0 Å². The molecule has 0 spiro atoms. The van der Waals surface area contributed by atoms with Gasteiger partial charge in [-0.1, -0.05) is 35.9 Å². The summed E-state index contributed by atoms with van der Waals surface area (Å²) in [6, 6.07) is 8.32. The van der Waals surface area contributed by atoms with Crippen molar-refractivity contribution < 1.29 is 9.90 Å². The molecule has 3 nitrogen and oxygen atoms in total. The van der Waals surface area contributed by atoms with Crippen LogP contribution < -0.4 is 0 Å². The first kappa shape index (κ1) is 15.8. The number of hydrogen-bond acceptors (Lipinski definition) is 3. The molecule has 4 heteroatoms. The third-order valence-electron chi connectivity index (χ3n) is 2.69. The second-order valence-electron chi connectivity index (χ2n) is 4.33. The van der Waals surface area contributed by atoms with Crippen LogP contribution in [0.2, 0.25) is 0 Å². The molecule has 0 heterocycles. The predicted molar refractivity (Wildman–Crippen MR) is 81.2 cm³/mol. The number of hydrogen-bond donors (Lipinski definition) is 1. The Hall–Kier alpha value is -1.26. The third kappa shape index (κ3) is 5.94. The van der Waals surface area contributed by atoms with Crippen LogP contribution in [0.5, 0.6) is 0 Å². The molecule has 0 aliphatic carbocycles. The largest absolute Gasteiger partial charge is 0.395 e. The van der Waals surface area contributed by atoms with Gasteiger partial charge in [0.2, 0.25) is 5.91 Å². The van der Waals surface area contributed by atoms with Crippen molar-refractivity contribution in [2.24, 2.45) is 0 Å². The van der Waals surface area contributed by atoms with Crippen molar-refractivity contribution in [2.45, 2.75) is 12.7 Å². The minimum absolute atomic E-state index is 0.0117. The summed E-state index contributed by atoms with van der Waals surface area (Å²) in [4.78, 5) is 13.5. The Morgan fingerprint density at radius 3 is 2.68 bits per heavy atom. The summed E-state index contributed by atoms with van der Waals surface area (Å²) in [5, 5.41) is 8.91. The number of carbonyl (C=O) groups is 1. The second kappa shape index (κ2) is 8.77. The average Bonchev–Trinajstić information content (AvgIpc) is 2.40. The highest BCUT2D eigenvalue weighted by Gasteiger charge is 2.11. The average molecular weight is 279 g/mol. The van der Waals surface area contributed by atoms with Crippen LogP contribution in [0.1, 0.15) is 11.1 Å². The van der Waals surface area contributed by atoms with E-state index in [9.17, 15) is 4.79 Å². The number of aliphatic hydroxyl groups is 1. The minimum atomic E-state index is -0.0117. The lowest BCUT2D eigenvalue weighted by Crippen LogP contribution is -2.35. The fourth-order valence-corrected chi connectivity index (χ4v) is 2.51. The summed E-state index contributed by atoms with van der Waals surface area (Å²) in [5.74, 6) is 1.31. The summed E-state index contributed by atoms with van der Waals surface area (Å²) < 4.78 is 0. The van der Waals surface area contributed by atoms with Crippen molar-refractivity contribution in [1.82, 2.24) is 4.90 Å². The maximum atomic E-state index is 11.9. The zero-order chi connectivity index (χ0) is 14.1. The van der Waals surface area contributed by atoms with E-state index in [0.717, 1.165) is 5.75 Å². The first-order chi connectivity index (χ1) is 9.17. The maximum Gasteiger partial charge on any atom is 0.232 e. The van der Waals surface area contributed by atoms with Crippen molar-refractivity contribution in [3.05, 3.63) is 48.0 Å². The number of nitrogens with zero attached hydrogens (tertiary/aromatic N) is 1. The van der Waals surface area contributed by atoms with Gasteiger partial charge >= 0.3 is 0 Å². The minimum Gasteiger partial charge on any atom is -0.395 e. The highest BCUT2D eigenvalue weighted by atomic mass is 32.2. The molecule has 0 saturated heterocycles. The van der Waals surface area contributed by atoms with Gasteiger partial charge in [0.05, 0.1) is 12.4 Å². The quantitative estimate of drug-likeness (QED) is 0.742. The lowest BCUT2D eigenvalue weighted by Gasteiger charge is -2.19. The zero-order valence-corrected chi connectivity index (χ0v) is 12.2. The summed E-state index contributed by atoms with van der Waals surface area (Å²) in [6.07, 6.45) is 1.68. The summed E-state index contributed by atoms with van der Waals surface area (Å²) in [5.41, 5.74) is 2.46. The van der Waals surface area contributed by atoms with Gasteiger partial charge in [-0.25, -0.2) is 0 Å². The van der Waals surface area contributed by atoms with E-state index in [1.165, 1.54) is 11.1 Å². The van der Waals surface area contributed by atoms with Crippen LogP contribution in [-0.2, 0) is 10.5 Å². The fraction of sp³-hybridized carbons (Fsp3) is 0.400. The Morgan fingerprint density at radius 1 is 1.42 bits per heavy atom. The lowest BCUT2D eigenvalue weighted by atomic mass is 10.2. The highest BCUT2D eigenvalue weighted by Crippen LogP contribution is 2.13. The van der Waals surface area contributed by atoms with E-state index in [-0.39, 0.29) is 12.5 Å². The van der Waals surface area contributed by atoms with Gasteiger partial charge in [0.25, 0.3) is 0 Å². The molecule has 0 radical (unpaired) electrons. The normalized spacial score (nSPS) is 10.2. The van der Waals surface area contributed by atoms with Gasteiger partial charge < -0.3 is 10.0 Å². The topological polar surface area (TPSA) is 40.5 Å². The molecule has 19 heavy (non-hydrogen) atoms. The van der Waals surface area contributed by atoms with Gasteiger partial charge in [-0.2, -0.15) is 0 Å². The van der Waals surface area contributed by atoms with Crippen LogP contribution in [0.4, 0.5) is 0 Å². The molecule has 0 aliphatic heterocycles. The van der Waals surface area contributed by atoms with E-state index < -0.39 is 0 Å². The number of carbonyl (C=O) groups excluding carboxylic acids is 1. The number of aliphatic hydroxyl groups excluding tert-OH is 1. The SMILES string of the molecule is C=CCN(CCO)C(=O)CSCc1ccc(C)cc1. The van der Waals surface area contributed by atoms with Crippen molar-refractivity contribution in [2.75, 3.05) is 25.4 Å². The number of thioether (sulfide) groups is 1. The van der Waals surface area contributed by atoms with E-state index in [1.54, 1.807) is 22.7 Å². The number of aryl methyl sites for hydroxylation is 1. The van der Waals surface area contributed by atoms with Gasteiger partial charge in [-0.3, -0.25) is 4.79 Å². The van der Waals surface area contributed by atoms with Crippen LogP contribution in [0.25, 0.3) is 0 Å². The molecule has 1 amide bonds. The molecule has 0 bridgehead atoms. The number of rotatable bonds is 8. The van der Waals surface area contributed by atoms with Crippen LogP contribution in [0.15, 0.2) is 36.9 Å². The summed E-state index contributed by atoms with van der Waals surface area (Å²) >= 11 is 1.59. The van der Waals surface area contributed by atoms with E-state index in [1.807, 2.05) is 0 Å². The number of benzene rings is 1. The van der Waals surface area contributed by atoms with Crippen LogP contribution >= 0.6 is 11.8 Å². The molecule has 0 saturated carbocycles. The summed E-state index contributed by atoms with van der Waals surface area (Å²) in [7, 11) is 0. The molecule has 104 valence electrons. The van der Waals surface area contributed by atoms with Crippen LogP contribution in [0.3, 0.4) is 0 Å². The second-order valence-corrected chi connectivity index (χ2v) is 5.32. The van der Waals surface area contributed by atoms with Crippen molar-refractivity contribution in [3.63, 3.8) is 0 Å². The Kier molecular flexibility index (Phi) is 7.30. The molecule has 0 fully saturated rings. The van der Waals surface area contributed by atoms with Crippen molar-refractivity contribution >= 4 is 17.7 Å². The van der Waals surface area contributed by atoms with Crippen LogP contribution in [0, 0.1) is 6.92 Å². The van der Waals surface area contributed by atoms with Crippen LogP contribution in [-0.4, -0.2) is 41.4 Å². The third-order valence-corrected chi connectivity index (χ3v) is 3.68. The van der Waals surface area contributed by atoms with Gasteiger partial charge in [-0.15, -0.1) is 18.3 Å². The van der Waals surface area contributed by atoms with Crippen molar-refractivity contribution in [3.8, 4) is 0 Å². The van der Waals surface area contributed by atoms with Gasteiger partial charge in [0, 0.05) is 18.8 Å². The smallest absolute Gasteiger partial charge is 0.232 e. The molecule has 0 aliphatic rings. The van der Waals surface area contributed by atoms with E-state index in [0.29, 0.717) is 18.8 Å². The van der Waals surface area contributed by atoms with E-state index in [4.69, 9.17) is 5.11 Å². The Bertz CT molecular complexity index is 403. The molecule has 1 aromatic carbocycles. The molecule has 0 aromatic heterocycles. The molecule has 1 rings (SSSR count). The molecule has 1 N–H and O–H groups in total. The zero-order valence-electron chi connectivity index (χ0n) is 11.3. The molecule has 1 aromatic rings. The monoisotopic (exact) mass is 279 g/mol. The highest BCUT2D eigenvalue weighted by molar-refractivity contribution is 7.99. The predicted octanol–water partition coefficient (Wildman–Crippen LogP) is 2.24. The Balaban J connectivity index is 2.36. The molecule has 0 unspecified atom stereocenters.